The molecule has 1 aromatic carbocycles. The summed E-state index contributed by atoms with van der Waals surface area (Å²) in [5, 5.41) is 11.2. The zero-order chi connectivity index (χ0) is 23.5. The smallest absolute Gasteiger partial charge is 0.410 e. The number of fused-ring (bicyclic) bond motifs is 1. The lowest BCUT2D eigenvalue weighted by Crippen LogP contribution is -2.47. The van der Waals surface area contributed by atoms with Crippen molar-refractivity contribution in [1.82, 2.24) is 9.80 Å². The van der Waals surface area contributed by atoms with Gasteiger partial charge in [-0.25, -0.2) is 4.79 Å². The Bertz CT molecular complexity index is 833. The molecule has 0 N–H and O–H groups in total. The maximum Gasteiger partial charge on any atom is 0.410 e. The molecule has 2 rings (SSSR count). The van der Waals surface area contributed by atoms with E-state index >= 15 is 0 Å². The first kappa shape index (κ1) is 24.4. The zero-order valence-corrected chi connectivity index (χ0v) is 19.4. The number of nitro benzene ring substituents is 1. The van der Waals surface area contributed by atoms with Crippen LogP contribution in [-0.2, 0) is 16.0 Å². The van der Waals surface area contributed by atoms with Crippen LogP contribution in [0.15, 0.2) is 18.2 Å². The van der Waals surface area contributed by atoms with Gasteiger partial charge in [-0.15, -0.1) is 0 Å². The van der Waals surface area contributed by atoms with Crippen LogP contribution in [0.1, 0.15) is 47.1 Å². The molecule has 31 heavy (non-hydrogen) atoms. The molecule has 0 radical (unpaired) electrons. The number of ether oxygens (including phenoxy) is 2. The molecule has 0 aromatic heterocycles. The Balaban J connectivity index is 2.38. The van der Waals surface area contributed by atoms with Crippen molar-refractivity contribution in [1.29, 1.82) is 0 Å². The van der Waals surface area contributed by atoms with Gasteiger partial charge in [0.25, 0.3) is 5.69 Å². The van der Waals surface area contributed by atoms with Crippen LogP contribution in [0.25, 0.3) is 0 Å². The van der Waals surface area contributed by atoms with Gasteiger partial charge >= 0.3 is 6.09 Å². The maximum absolute atomic E-state index is 13.0. The minimum absolute atomic E-state index is 0.0105. The molecule has 9 heteroatoms. The first-order chi connectivity index (χ1) is 14.3. The van der Waals surface area contributed by atoms with E-state index in [0.29, 0.717) is 17.9 Å². The average molecular weight is 436 g/mol. The van der Waals surface area contributed by atoms with Crippen LogP contribution in [0.4, 0.5) is 10.5 Å². The van der Waals surface area contributed by atoms with Crippen molar-refractivity contribution < 1.29 is 24.0 Å². The number of amides is 2. The van der Waals surface area contributed by atoms with E-state index in [4.69, 9.17) is 9.47 Å². The molecule has 1 aliphatic rings. The monoisotopic (exact) mass is 435 g/mol. The molecule has 0 saturated carbocycles. The molecule has 1 aliphatic heterocycles. The summed E-state index contributed by atoms with van der Waals surface area (Å²) in [6.07, 6.45) is -0.898. The van der Waals surface area contributed by atoms with Gasteiger partial charge in [0, 0.05) is 43.2 Å². The van der Waals surface area contributed by atoms with Gasteiger partial charge < -0.3 is 19.3 Å². The minimum atomic E-state index is -0.622. The SMILES string of the molecule is CC(C)N1C[C@@H](C)[C@H](CN(C)C(=O)OC(C)(C)C)Oc2ccc([N+](=O)[O-])cc2CC1=O. The van der Waals surface area contributed by atoms with Crippen LogP contribution in [-0.4, -0.2) is 64.6 Å². The van der Waals surface area contributed by atoms with E-state index in [2.05, 4.69) is 0 Å². The van der Waals surface area contributed by atoms with Crippen LogP contribution in [0.5, 0.6) is 5.75 Å². The van der Waals surface area contributed by atoms with E-state index in [-0.39, 0.29) is 36.5 Å². The Kier molecular flexibility index (Phi) is 7.51. The second kappa shape index (κ2) is 9.53. The molecule has 2 amide bonds. The van der Waals surface area contributed by atoms with Crippen molar-refractivity contribution >= 4 is 17.7 Å². The Labute approximate surface area is 183 Å². The molecular weight excluding hydrogens is 402 g/mol. The third-order valence-electron chi connectivity index (χ3n) is 5.10. The molecular formula is C22H33N3O6. The summed E-state index contributed by atoms with van der Waals surface area (Å²) < 4.78 is 11.7. The third-order valence-corrected chi connectivity index (χ3v) is 5.10. The molecule has 0 bridgehead atoms. The van der Waals surface area contributed by atoms with Gasteiger partial charge in [0.1, 0.15) is 17.5 Å². The Morgan fingerprint density at radius 2 is 2.03 bits per heavy atom. The van der Waals surface area contributed by atoms with E-state index in [0.717, 1.165) is 0 Å². The highest BCUT2D eigenvalue weighted by Crippen LogP contribution is 2.30. The number of nitro groups is 1. The van der Waals surface area contributed by atoms with Gasteiger partial charge in [0.05, 0.1) is 17.9 Å². The highest BCUT2D eigenvalue weighted by atomic mass is 16.6. The quantitative estimate of drug-likeness (QED) is 0.528. The molecule has 1 aromatic rings. The van der Waals surface area contributed by atoms with Crippen LogP contribution >= 0.6 is 0 Å². The molecule has 9 nitrogen and oxygen atoms in total. The molecule has 0 aliphatic carbocycles. The van der Waals surface area contributed by atoms with Crippen LogP contribution in [0.3, 0.4) is 0 Å². The third kappa shape index (κ3) is 6.57. The fourth-order valence-electron chi connectivity index (χ4n) is 3.41. The Hall–Kier alpha value is -2.84. The van der Waals surface area contributed by atoms with Crippen molar-refractivity contribution in [3.8, 4) is 5.75 Å². The van der Waals surface area contributed by atoms with Gasteiger partial charge in [0.15, 0.2) is 0 Å². The summed E-state index contributed by atoms with van der Waals surface area (Å²) in [7, 11) is 1.64. The van der Waals surface area contributed by atoms with Crippen molar-refractivity contribution in [2.24, 2.45) is 5.92 Å². The summed E-state index contributed by atoms with van der Waals surface area (Å²) in [5.41, 5.74) is -0.257. The lowest BCUT2D eigenvalue weighted by Gasteiger charge is -2.34. The van der Waals surface area contributed by atoms with Crippen molar-refractivity contribution in [2.45, 2.75) is 65.7 Å². The highest BCUT2D eigenvalue weighted by Gasteiger charge is 2.32. The number of rotatable bonds is 4. The summed E-state index contributed by atoms with van der Waals surface area (Å²) in [4.78, 5) is 39.4. The molecule has 0 saturated heterocycles. The number of carbonyl (C=O) groups is 2. The number of likely N-dealkylation sites (N-methyl/N-ethyl adjacent to an activating group) is 1. The minimum Gasteiger partial charge on any atom is -0.488 e. The first-order valence-electron chi connectivity index (χ1n) is 10.5. The number of benzene rings is 1. The number of hydrogen-bond donors (Lipinski definition) is 0. The first-order valence-corrected chi connectivity index (χ1v) is 10.5. The van der Waals surface area contributed by atoms with Gasteiger partial charge in [-0.3, -0.25) is 14.9 Å². The molecule has 0 fully saturated rings. The summed E-state index contributed by atoms with van der Waals surface area (Å²) in [6.45, 7) is 11.9. The summed E-state index contributed by atoms with van der Waals surface area (Å²) >= 11 is 0. The molecule has 172 valence electrons. The molecule has 0 unspecified atom stereocenters. The predicted molar refractivity (Wildman–Crippen MR) is 116 cm³/mol. The standard InChI is InChI=1S/C22H33N3O6/c1-14(2)24-12-15(3)19(13-23(7)21(27)31-22(4,5)6)30-18-9-8-17(25(28)29)10-16(18)11-20(24)26/h8-10,14-15,19H,11-13H2,1-7H3/t15-,19+/m1/s1. The average Bonchev–Trinajstić information content (AvgIpc) is 2.68. The van der Waals surface area contributed by atoms with Gasteiger partial charge in [-0.1, -0.05) is 6.92 Å². The van der Waals surface area contributed by atoms with Crippen LogP contribution in [0, 0.1) is 16.0 Å². The van der Waals surface area contributed by atoms with E-state index in [1.807, 2.05) is 20.8 Å². The Morgan fingerprint density at radius 3 is 2.58 bits per heavy atom. The van der Waals surface area contributed by atoms with Gasteiger partial charge in [-0.2, -0.15) is 0 Å². The lowest BCUT2D eigenvalue weighted by atomic mass is 10.0. The largest absolute Gasteiger partial charge is 0.488 e. The zero-order valence-electron chi connectivity index (χ0n) is 19.4. The summed E-state index contributed by atoms with van der Waals surface area (Å²) in [6, 6.07) is 4.23. The fraction of sp³-hybridized carbons (Fsp3) is 0.636. The van der Waals surface area contributed by atoms with Crippen molar-refractivity contribution in [3.05, 3.63) is 33.9 Å². The van der Waals surface area contributed by atoms with E-state index < -0.39 is 22.7 Å². The molecule has 1 heterocycles. The Morgan fingerprint density at radius 1 is 1.39 bits per heavy atom. The number of non-ortho nitro benzene ring substituents is 1. The van der Waals surface area contributed by atoms with Crippen molar-refractivity contribution in [3.63, 3.8) is 0 Å². The van der Waals surface area contributed by atoms with Gasteiger partial charge in [-0.05, 0) is 40.7 Å². The number of nitrogens with zero attached hydrogens (tertiary/aromatic N) is 3. The lowest BCUT2D eigenvalue weighted by molar-refractivity contribution is -0.384. The molecule has 2 atom stereocenters. The highest BCUT2D eigenvalue weighted by molar-refractivity contribution is 5.80. The van der Waals surface area contributed by atoms with Gasteiger partial charge in [0.2, 0.25) is 5.91 Å². The number of hydrogen-bond acceptors (Lipinski definition) is 6. The second-order valence-corrected chi connectivity index (χ2v) is 9.36. The van der Waals surface area contributed by atoms with Crippen LogP contribution in [0.2, 0.25) is 0 Å². The molecule has 0 spiro atoms. The summed E-state index contributed by atoms with van der Waals surface area (Å²) in [5.74, 6) is 0.199. The second-order valence-electron chi connectivity index (χ2n) is 9.36. The number of carbonyl (C=O) groups excluding carboxylic acids is 2. The topological polar surface area (TPSA) is 102 Å². The maximum atomic E-state index is 13.0. The van der Waals surface area contributed by atoms with Crippen molar-refractivity contribution in [2.75, 3.05) is 20.1 Å². The fourth-order valence-corrected chi connectivity index (χ4v) is 3.41. The normalized spacial score (nSPS) is 19.6. The predicted octanol–water partition coefficient (Wildman–Crippen LogP) is 3.64. The van der Waals surface area contributed by atoms with E-state index in [9.17, 15) is 19.7 Å². The van der Waals surface area contributed by atoms with E-state index in [1.165, 1.54) is 23.1 Å². The van der Waals surface area contributed by atoms with E-state index in [1.54, 1.807) is 32.7 Å². The van der Waals surface area contributed by atoms with Crippen LogP contribution < -0.4 is 4.74 Å².